The summed E-state index contributed by atoms with van der Waals surface area (Å²) >= 11 is 12.3. The summed E-state index contributed by atoms with van der Waals surface area (Å²) in [4.78, 5) is 9.96. The van der Waals surface area contributed by atoms with Crippen molar-refractivity contribution in [1.82, 2.24) is 14.9 Å². The number of rotatable bonds is 10. The predicted molar refractivity (Wildman–Crippen MR) is 162 cm³/mol. The van der Waals surface area contributed by atoms with Gasteiger partial charge in [0.15, 0.2) is 0 Å². The predicted octanol–water partition coefficient (Wildman–Crippen LogP) is 5.35. The maximum Gasteiger partial charge on any atom is 0.0900 e. The molecule has 39 heavy (non-hydrogen) atoms. The lowest BCUT2D eigenvalue weighted by molar-refractivity contribution is 0.553. The molecule has 3 aromatic carbocycles. The molecule has 1 aliphatic carbocycles. The Morgan fingerprint density at radius 3 is 2.38 bits per heavy atom. The Morgan fingerprint density at radius 1 is 0.923 bits per heavy atom. The molecule has 1 heterocycles. The molecule has 0 bridgehead atoms. The summed E-state index contributed by atoms with van der Waals surface area (Å²) in [5, 5.41) is 9.08. The van der Waals surface area contributed by atoms with Crippen molar-refractivity contribution in [3.05, 3.63) is 100 Å². The first-order chi connectivity index (χ1) is 19.0. The van der Waals surface area contributed by atoms with Crippen LogP contribution >= 0.6 is 23.2 Å². The van der Waals surface area contributed by atoms with Gasteiger partial charge < -0.3 is 26.7 Å². The number of nitrogens with zero attached hydrogens (tertiary/aromatic N) is 3. The van der Waals surface area contributed by atoms with Gasteiger partial charge in [0.25, 0.3) is 0 Å². The largest absolute Gasteiger partial charge is 0.354 e. The van der Waals surface area contributed by atoms with Crippen molar-refractivity contribution in [2.45, 2.75) is 12.5 Å². The third-order valence-electron chi connectivity index (χ3n) is 6.42. The van der Waals surface area contributed by atoms with E-state index in [1.165, 1.54) is 0 Å². The van der Waals surface area contributed by atoms with Crippen molar-refractivity contribution in [3.8, 4) is 17.1 Å². The van der Waals surface area contributed by atoms with E-state index >= 15 is 0 Å². The Bertz CT molecular complexity index is 1580. The monoisotopic (exact) mass is 559 g/mol. The number of benzene rings is 4. The van der Waals surface area contributed by atoms with Gasteiger partial charge in [-0.15, -0.1) is 0 Å². The second-order valence-corrected chi connectivity index (χ2v) is 10.2. The lowest BCUT2D eigenvalue weighted by atomic mass is 10.1. The smallest absolute Gasteiger partial charge is 0.0900 e. The van der Waals surface area contributed by atoms with Gasteiger partial charge in [0.1, 0.15) is 0 Å². The summed E-state index contributed by atoms with van der Waals surface area (Å²) < 4.78 is 2.20. The molecule has 1 aliphatic heterocycles. The van der Waals surface area contributed by atoms with Crippen LogP contribution in [0, 0.1) is 0 Å². The van der Waals surface area contributed by atoms with Gasteiger partial charge in [-0.05, 0) is 85.8 Å². The van der Waals surface area contributed by atoms with E-state index in [-0.39, 0.29) is 6.04 Å². The van der Waals surface area contributed by atoms with E-state index in [1.54, 1.807) is 0 Å². The normalized spacial score (nSPS) is 12.8. The molecule has 6 N–H and O–H groups in total. The highest BCUT2D eigenvalue weighted by Gasteiger charge is 2.16. The number of hydrogen-bond donors (Lipinski definition) is 4. The molecule has 0 fully saturated rings. The molecule has 0 spiro atoms. The minimum Gasteiger partial charge on any atom is -0.354 e. The topological polar surface area (TPSA) is 106 Å². The first-order valence-electron chi connectivity index (χ1n) is 12.9. The lowest BCUT2D eigenvalue weighted by Crippen LogP contribution is -2.36. The highest BCUT2D eigenvalue weighted by Crippen LogP contribution is 2.31. The van der Waals surface area contributed by atoms with E-state index in [2.05, 4.69) is 27.3 Å². The van der Waals surface area contributed by atoms with Crippen LogP contribution in [-0.2, 0) is 0 Å². The molecule has 0 aromatic heterocycles. The van der Waals surface area contributed by atoms with Crippen molar-refractivity contribution in [2.75, 3.05) is 31.5 Å². The molecule has 7 nitrogen and oxygen atoms in total. The standard InChI is InChI=1S/C30H31Cl2N7/c31-20-5-9-23(10-6-20)37-27-17-28-30(18-26(27)36-16-15-35-19-22(34)13-14-33)39(24-11-7-21(32)8-12-24)29-4-2-1-3-25(29)38-28/h1-12,17-18,22,35,37H,13-16,19,33-34H2/b36-26-. The summed E-state index contributed by atoms with van der Waals surface area (Å²) in [5.74, 6) is 0. The molecule has 1 unspecified atom stereocenters. The van der Waals surface area contributed by atoms with Crippen LogP contribution < -0.4 is 27.5 Å². The van der Waals surface area contributed by atoms with Gasteiger partial charge in [-0.3, -0.25) is 4.99 Å². The molecule has 3 aromatic rings. The zero-order valence-electron chi connectivity index (χ0n) is 21.4. The van der Waals surface area contributed by atoms with Crippen molar-refractivity contribution < 1.29 is 0 Å². The number of halogens is 2. The first-order valence-corrected chi connectivity index (χ1v) is 13.7. The molecule has 1 atom stereocenters. The van der Waals surface area contributed by atoms with Crippen molar-refractivity contribution in [3.63, 3.8) is 0 Å². The molecule has 0 saturated heterocycles. The fourth-order valence-corrected chi connectivity index (χ4v) is 4.74. The summed E-state index contributed by atoms with van der Waals surface area (Å²) in [7, 11) is 0. The molecule has 2 aliphatic rings. The Balaban J connectivity index is 1.61. The molecule has 200 valence electrons. The van der Waals surface area contributed by atoms with Gasteiger partial charge in [0.05, 0.1) is 40.0 Å². The average molecular weight is 561 g/mol. The van der Waals surface area contributed by atoms with Crippen LogP contribution in [0.1, 0.15) is 6.42 Å². The Morgan fingerprint density at radius 2 is 1.64 bits per heavy atom. The van der Waals surface area contributed by atoms with Crippen LogP contribution in [0.25, 0.3) is 28.1 Å². The Hall–Kier alpha value is -3.46. The fraction of sp³-hybridized carbons (Fsp3) is 0.200. The molecule has 0 radical (unpaired) electrons. The number of aromatic nitrogens is 2. The fourth-order valence-electron chi connectivity index (χ4n) is 4.49. The summed E-state index contributed by atoms with van der Waals surface area (Å²) in [6, 6.07) is 27.7. The van der Waals surface area contributed by atoms with Crippen LogP contribution in [0.3, 0.4) is 0 Å². The molecular formula is C30H31Cl2N7. The van der Waals surface area contributed by atoms with Crippen molar-refractivity contribution >= 4 is 45.6 Å². The number of para-hydroxylation sites is 2. The summed E-state index contributed by atoms with van der Waals surface area (Å²) in [5.41, 5.74) is 18.1. The van der Waals surface area contributed by atoms with Gasteiger partial charge in [0.2, 0.25) is 0 Å². The third kappa shape index (κ3) is 6.58. The molecule has 0 amide bonds. The van der Waals surface area contributed by atoms with Crippen LogP contribution in [0.4, 0.5) is 11.4 Å². The SMILES string of the molecule is NCCC(N)CNCC/N=c1/cc2n(-c3ccc(Cl)cc3)c3ccccc3nc-2cc1Nc1ccc(Cl)cc1. The number of nitrogens with two attached hydrogens (primary N) is 2. The van der Waals surface area contributed by atoms with Crippen molar-refractivity contribution in [1.29, 1.82) is 0 Å². The average Bonchev–Trinajstić information content (AvgIpc) is 2.94. The summed E-state index contributed by atoms with van der Waals surface area (Å²) in [6.45, 7) is 2.56. The van der Waals surface area contributed by atoms with E-state index in [0.717, 1.165) is 51.3 Å². The second kappa shape index (κ2) is 12.6. The third-order valence-corrected chi connectivity index (χ3v) is 6.92. The van der Waals surface area contributed by atoms with Crippen LogP contribution in [0.15, 0.2) is 89.9 Å². The van der Waals surface area contributed by atoms with E-state index in [4.69, 9.17) is 44.6 Å². The van der Waals surface area contributed by atoms with E-state index in [9.17, 15) is 0 Å². The van der Waals surface area contributed by atoms with Gasteiger partial charge in [-0.2, -0.15) is 0 Å². The van der Waals surface area contributed by atoms with E-state index in [1.807, 2.05) is 72.8 Å². The van der Waals surface area contributed by atoms with Crippen LogP contribution in [-0.4, -0.2) is 41.8 Å². The quantitative estimate of drug-likeness (QED) is 0.136. The highest BCUT2D eigenvalue weighted by molar-refractivity contribution is 6.30. The molecule has 5 rings (SSSR count). The summed E-state index contributed by atoms with van der Waals surface area (Å²) in [6.07, 6.45) is 0.787. The molecular weight excluding hydrogens is 529 g/mol. The van der Waals surface area contributed by atoms with Crippen LogP contribution in [0.2, 0.25) is 10.0 Å². The second-order valence-electron chi connectivity index (χ2n) is 9.33. The Kier molecular flexibility index (Phi) is 8.76. The number of nitrogens with one attached hydrogen (secondary N) is 2. The van der Waals surface area contributed by atoms with Crippen LogP contribution in [0.5, 0.6) is 0 Å². The van der Waals surface area contributed by atoms with E-state index in [0.29, 0.717) is 36.2 Å². The molecule has 9 heteroatoms. The zero-order chi connectivity index (χ0) is 27.2. The minimum atomic E-state index is 0.0375. The number of hydrogen-bond acceptors (Lipinski definition) is 6. The van der Waals surface area contributed by atoms with Crippen molar-refractivity contribution in [2.24, 2.45) is 16.5 Å². The maximum atomic E-state index is 6.22. The van der Waals surface area contributed by atoms with Gasteiger partial charge in [0, 0.05) is 40.6 Å². The van der Waals surface area contributed by atoms with E-state index < -0.39 is 0 Å². The first kappa shape index (κ1) is 27.1. The highest BCUT2D eigenvalue weighted by atomic mass is 35.5. The molecule has 0 saturated carbocycles. The maximum absolute atomic E-state index is 6.22. The zero-order valence-corrected chi connectivity index (χ0v) is 23.0. The minimum absolute atomic E-state index is 0.0375. The number of anilines is 2. The van der Waals surface area contributed by atoms with Gasteiger partial charge >= 0.3 is 0 Å². The number of fused-ring (bicyclic) bond motifs is 2. The Labute approximate surface area is 237 Å². The lowest BCUT2D eigenvalue weighted by Gasteiger charge is -2.20. The van der Waals surface area contributed by atoms with Gasteiger partial charge in [-0.25, -0.2) is 4.98 Å². The van der Waals surface area contributed by atoms with Gasteiger partial charge in [-0.1, -0.05) is 35.3 Å².